The van der Waals surface area contributed by atoms with E-state index in [0.29, 0.717) is 6.54 Å². The fraction of sp³-hybridized carbons (Fsp3) is 0.235. The third kappa shape index (κ3) is 4.99. The standard InChI is InChI=1S/C17H19BrN2O/c1-13-5-3-4-6-16(13)19-17(21)12-20(2)11-14-7-9-15(18)10-8-14/h3-10H,11-12H2,1-2H3,(H,19,21). The maximum Gasteiger partial charge on any atom is 0.238 e. The van der Waals surface area contributed by atoms with Crippen LogP contribution in [0.1, 0.15) is 11.1 Å². The summed E-state index contributed by atoms with van der Waals surface area (Å²) < 4.78 is 1.06. The number of likely N-dealkylation sites (N-methyl/N-ethyl adjacent to an activating group) is 1. The van der Waals surface area contributed by atoms with Gasteiger partial charge in [0.25, 0.3) is 0 Å². The molecule has 0 saturated heterocycles. The van der Waals surface area contributed by atoms with Crippen LogP contribution >= 0.6 is 15.9 Å². The van der Waals surface area contributed by atoms with Crippen molar-refractivity contribution in [2.24, 2.45) is 0 Å². The van der Waals surface area contributed by atoms with E-state index >= 15 is 0 Å². The van der Waals surface area contributed by atoms with Gasteiger partial charge in [0.15, 0.2) is 0 Å². The number of anilines is 1. The topological polar surface area (TPSA) is 32.3 Å². The summed E-state index contributed by atoms with van der Waals surface area (Å²) >= 11 is 3.42. The molecule has 1 amide bonds. The molecule has 2 rings (SSSR count). The zero-order chi connectivity index (χ0) is 15.2. The van der Waals surface area contributed by atoms with E-state index in [-0.39, 0.29) is 5.91 Å². The first-order valence-corrected chi connectivity index (χ1v) is 7.62. The minimum Gasteiger partial charge on any atom is -0.325 e. The molecule has 2 aromatic carbocycles. The number of nitrogens with one attached hydrogen (secondary N) is 1. The van der Waals surface area contributed by atoms with Crippen LogP contribution in [-0.2, 0) is 11.3 Å². The summed E-state index contributed by atoms with van der Waals surface area (Å²) in [4.78, 5) is 14.1. The third-order valence-corrected chi connectivity index (χ3v) is 3.73. The summed E-state index contributed by atoms with van der Waals surface area (Å²) in [7, 11) is 1.94. The lowest BCUT2D eigenvalue weighted by atomic mass is 10.2. The Morgan fingerprint density at radius 2 is 1.81 bits per heavy atom. The highest BCUT2D eigenvalue weighted by molar-refractivity contribution is 9.10. The number of rotatable bonds is 5. The molecule has 21 heavy (non-hydrogen) atoms. The molecule has 0 aliphatic rings. The smallest absolute Gasteiger partial charge is 0.238 e. The van der Waals surface area contributed by atoms with Gasteiger partial charge in [-0.15, -0.1) is 0 Å². The van der Waals surface area contributed by atoms with E-state index in [1.807, 2.05) is 55.3 Å². The van der Waals surface area contributed by atoms with Gasteiger partial charge in [-0.1, -0.05) is 46.3 Å². The number of hydrogen-bond donors (Lipinski definition) is 1. The molecular formula is C17H19BrN2O. The normalized spacial score (nSPS) is 10.7. The van der Waals surface area contributed by atoms with Gasteiger partial charge in [0.1, 0.15) is 0 Å². The molecule has 0 saturated carbocycles. The number of nitrogens with zero attached hydrogens (tertiary/aromatic N) is 1. The van der Waals surface area contributed by atoms with E-state index in [4.69, 9.17) is 0 Å². The number of carbonyl (C=O) groups is 1. The van der Waals surface area contributed by atoms with E-state index in [1.54, 1.807) is 0 Å². The predicted molar refractivity (Wildman–Crippen MR) is 90.3 cm³/mol. The average molecular weight is 347 g/mol. The molecule has 0 unspecified atom stereocenters. The highest BCUT2D eigenvalue weighted by Gasteiger charge is 2.08. The van der Waals surface area contributed by atoms with Crippen molar-refractivity contribution in [2.75, 3.05) is 18.9 Å². The van der Waals surface area contributed by atoms with Crippen LogP contribution in [0.2, 0.25) is 0 Å². The Kier molecular flexibility index (Phi) is 5.53. The first-order chi connectivity index (χ1) is 10.0. The quantitative estimate of drug-likeness (QED) is 0.892. The summed E-state index contributed by atoms with van der Waals surface area (Å²) in [6.07, 6.45) is 0. The molecule has 2 aromatic rings. The minimum atomic E-state index is 0.00362. The Bertz CT molecular complexity index is 610. The average Bonchev–Trinajstić information content (AvgIpc) is 2.44. The van der Waals surface area contributed by atoms with Crippen LogP contribution in [0, 0.1) is 6.92 Å². The van der Waals surface area contributed by atoms with Crippen LogP contribution in [0.15, 0.2) is 53.0 Å². The van der Waals surface area contributed by atoms with Gasteiger partial charge in [-0.2, -0.15) is 0 Å². The lowest BCUT2D eigenvalue weighted by molar-refractivity contribution is -0.117. The van der Waals surface area contributed by atoms with Crippen LogP contribution in [-0.4, -0.2) is 24.4 Å². The van der Waals surface area contributed by atoms with Crippen LogP contribution in [0.4, 0.5) is 5.69 Å². The summed E-state index contributed by atoms with van der Waals surface area (Å²) in [5, 5.41) is 2.95. The molecule has 3 nitrogen and oxygen atoms in total. The van der Waals surface area contributed by atoms with Gasteiger partial charge in [-0.05, 0) is 43.3 Å². The number of halogens is 1. The van der Waals surface area contributed by atoms with Gasteiger partial charge >= 0.3 is 0 Å². The van der Waals surface area contributed by atoms with E-state index in [0.717, 1.165) is 22.3 Å². The summed E-state index contributed by atoms with van der Waals surface area (Å²) in [5.41, 5.74) is 3.13. The van der Waals surface area contributed by atoms with Crippen molar-refractivity contribution >= 4 is 27.5 Å². The third-order valence-electron chi connectivity index (χ3n) is 3.20. The van der Waals surface area contributed by atoms with Crippen LogP contribution in [0.5, 0.6) is 0 Å². The molecule has 0 bridgehead atoms. The zero-order valence-corrected chi connectivity index (χ0v) is 13.9. The first-order valence-electron chi connectivity index (χ1n) is 6.83. The Morgan fingerprint density at radius 3 is 2.48 bits per heavy atom. The largest absolute Gasteiger partial charge is 0.325 e. The molecule has 1 N–H and O–H groups in total. The molecule has 0 spiro atoms. The van der Waals surface area contributed by atoms with E-state index in [2.05, 4.69) is 33.4 Å². The number of hydrogen-bond acceptors (Lipinski definition) is 2. The SMILES string of the molecule is Cc1ccccc1NC(=O)CN(C)Cc1ccc(Br)cc1. The second-order valence-corrected chi connectivity index (χ2v) is 6.08. The fourth-order valence-corrected chi connectivity index (χ4v) is 2.37. The van der Waals surface area contributed by atoms with E-state index in [1.165, 1.54) is 5.56 Å². The van der Waals surface area contributed by atoms with Gasteiger partial charge in [0.2, 0.25) is 5.91 Å². The number of para-hydroxylation sites is 1. The number of aryl methyl sites for hydroxylation is 1. The molecular weight excluding hydrogens is 328 g/mol. The lowest BCUT2D eigenvalue weighted by Gasteiger charge is -2.17. The maximum absolute atomic E-state index is 12.1. The van der Waals surface area contributed by atoms with Crippen molar-refractivity contribution in [3.05, 3.63) is 64.1 Å². The second-order valence-electron chi connectivity index (χ2n) is 5.16. The van der Waals surface area contributed by atoms with E-state index in [9.17, 15) is 4.79 Å². The Hall–Kier alpha value is -1.65. The first kappa shape index (κ1) is 15.7. The van der Waals surface area contributed by atoms with Crippen molar-refractivity contribution in [1.29, 1.82) is 0 Å². The van der Waals surface area contributed by atoms with Crippen molar-refractivity contribution < 1.29 is 4.79 Å². The van der Waals surface area contributed by atoms with Gasteiger partial charge < -0.3 is 5.32 Å². The highest BCUT2D eigenvalue weighted by Crippen LogP contribution is 2.14. The monoisotopic (exact) mass is 346 g/mol. The summed E-state index contributed by atoms with van der Waals surface area (Å²) in [5.74, 6) is 0.00362. The molecule has 0 heterocycles. The Balaban J connectivity index is 1.87. The summed E-state index contributed by atoms with van der Waals surface area (Å²) in [6, 6.07) is 15.9. The van der Waals surface area contributed by atoms with Gasteiger partial charge in [-0.25, -0.2) is 0 Å². The molecule has 0 aliphatic heterocycles. The fourth-order valence-electron chi connectivity index (χ4n) is 2.11. The molecule has 0 atom stereocenters. The van der Waals surface area contributed by atoms with Crippen LogP contribution in [0.3, 0.4) is 0 Å². The minimum absolute atomic E-state index is 0.00362. The number of amides is 1. The number of benzene rings is 2. The number of carbonyl (C=O) groups excluding carboxylic acids is 1. The maximum atomic E-state index is 12.1. The molecule has 0 aliphatic carbocycles. The molecule has 0 aromatic heterocycles. The van der Waals surface area contributed by atoms with Crippen LogP contribution in [0.25, 0.3) is 0 Å². The summed E-state index contributed by atoms with van der Waals surface area (Å²) in [6.45, 7) is 3.10. The van der Waals surface area contributed by atoms with Crippen LogP contribution < -0.4 is 5.32 Å². The lowest BCUT2D eigenvalue weighted by Crippen LogP contribution is -2.30. The zero-order valence-electron chi connectivity index (χ0n) is 12.3. The molecule has 110 valence electrons. The van der Waals surface area contributed by atoms with E-state index < -0.39 is 0 Å². The highest BCUT2D eigenvalue weighted by atomic mass is 79.9. The van der Waals surface area contributed by atoms with Gasteiger partial charge in [-0.3, -0.25) is 9.69 Å². The van der Waals surface area contributed by atoms with Gasteiger partial charge in [0.05, 0.1) is 6.54 Å². The molecule has 0 radical (unpaired) electrons. The predicted octanol–water partition coefficient (Wildman–Crippen LogP) is 3.83. The van der Waals surface area contributed by atoms with Crippen molar-refractivity contribution in [3.63, 3.8) is 0 Å². The van der Waals surface area contributed by atoms with Gasteiger partial charge in [0, 0.05) is 16.7 Å². The molecule has 4 heteroatoms. The molecule has 0 fully saturated rings. The Morgan fingerprint density at radius 1 is 1.14 bits per heavy atom. The Labute approximate surface area is 134 Å². The van der Waals surface area contributed by atoms with Crippen molar-refractivity contribution in [3.8, 4) is 0 Å². The second kappa shape index (κ2) is 7.38. The van der Waals surface area contributed by atoms with Crippen molar-refractivity contribution in [2.45, 2.75) is 13.5 Å². The van der Waals surface area contributed by atoms with Crippen molar-refractivity contribution in [1.82, 2.24) is 4.90 Å².